The minimum Gasteiger partial charge on any atom is -0.494 e. The van der Waals surface area contributed by atoms with E-state index in [0.29, 0.717) is 36.9 Å². The lowest BCUT2D eigenvalue weighted by molar-refractivity contribution is 0.0723. The summed E-state index contributed by atoms with van der Waals surface area (Å²) in [7, 11) is 0. The fraction of sp³-hybridized carbons (Fsp3) is 0.286. The Morgan fingerprint density at radius 2 is 1.79 bits per heavy atom. The molecule has 0 bridgehead atoms. The molecule has 0 radical (unpaired) electrons. The van der Waals surface area contributed by atoms with Crippen molar-refractivity contribution in [2.45, 2.75) is 39.4 Å². The molecule has 0 saturated heterocycles. The fourth-order valence-electron chi connectivity index (χ4n) is 4.25. The Bertz CT molecular complexity index is 1240. The third-order valence-electron chi connectivity index (χ3n) is 6.10. The number of para-hydroxylation sites is 2. The Morgan fingerprint density at radius 3 is 2.58 bits per heavy atom. The van der Waals surface area contributed by atoms with Crippen molar-refractivity contribution in [2.75, 3.05) is 6.61 Å². The molecule has 5 nitrogen and oxygen atoms in total. The molecule has 5 heteroatoms. The minimum absolute atomic E-state index is 0.0227. The first-order valence-corrected chi connectivity index (χ1v) is 11.7. The average Bonchev–Trinajstić information content (AvgIpc) is 3.60. The van der Waals surface area contributed by atoms with Crippen LogP contribution in [0.4, 0.5) is 0 Å². The Hall–Kier alpha value is -3.60. The van der Waals surface area contributed by atoms with Crippen LogP contribution in [0.3, 0.4) is 0 Å². The molecular formula is C28H29N3O2. The topological polar surface area (TPSA) is 47.4 Å². The maximum atomic E-state index is 13.7. The molecule has 1 aliphatic carbocycles. The molecule has 33 heavy (non-hydrogen) atoms. The van der Waals surface area contributed by atoms with Crippen LogP contribution in [-0.2, 0) is 19.6 Å². The molecule has 1 saturated carbocycles. The second-order valence-electron chi connectivity index (χ2n) is 8.68. The van der Waals surface area contributed by atoms with E-state index in [4.69, 9.17) is 9.72 Å². The molecule has 1 aliphatic rings. The maximum Gasteiger partial charge on any atom is 0.254 e. The number of rotatable bonds is 9. The molecule has 3 aromatic carbocycles. The molecule has 0 N–H and O–H groups in total. The summed E-state index contributed by atoms with van der Waals surface area (Å²) in [5, 5.41) is 0. The Kier molecular flexibility index (Phi) is 6.11. The third kappa shape index (κ3) is 4.92. The van der Waals surface area contributed by atoms with Crippen LogP contribution in [0.5, 0.6) is 5.75 Å². The van der Waals surface area contributed by atoms with E-state index in [9.17, 15) is 4.79 Å². The first-order chi connectivity index (χ1) is 16.2. The number of ether oxygens (including phenoxy) is 1. The van der Waals surface area contributed by atoms with Gasteiger partial charge < -0.3 is 14.2 Å². The van der Waals surface area contributed by atoms with Gasteiger partial charge in [-0.05, 0) is 61.6 Å². The van der Waals surface area contributed by atoms with Crippen molar-refractivity contribution in [2.24, 2.45) is 5.92 Å². The molecule has 0 unspecified atom stereocenters. The van der Waals surface area contributed by atoms with Crippen molar-refractivity contribution in [1.29, 1.82) is 0 Å². The highest BCUT2D eigenvalue weighted by atomic mass is 16.5. The van der Waals surface area contributed by atoms with Crippen LogP contribution in [0.1, 0.15) is 41.5 Å². The van der Waals surface area contributed by atoms with E-state index in [2.05, 4.69) is 34.9 Å². The van der Waals surface area contributed by atoms with Gasteiger partial charge >= 0.3 is 0 Å². The van der Waals surface area contributed by atoms with Gasteiger partial charge in [0.1, 0.15) is 11.6 Å². The highest BCUT2D eigenvalue weighted by molar-refractivity contribution is 5.94. The standard InChI is InChI=1S/C28H29N3O2/c1-2-33-24-12-8-11-23(17-24)28(32)30(18-21-9-4-3-5-10-21)20-27-29-25-13-6-7-14-26(25)31(27)19-22-15-16-22/h3-14,17,22H,2,15-16,18-20H2,1H3. The van der Waals surface area contributed by atoms with E-state index in [1.807, 2.05) is 60.4 Å². The molecule has 1 amide bonds. The van der Waals surface area contributed by atoms with Gasteiger partial charge in [-0.25, -0.2) is 4.98 Å². The van der Waals surface area contributed by atoms with Crippen LogP contribution >= 0.6 is 0 Å². The van der Waals surface area contributed by atoms with E-state index in [1.165, 1.54) is 12.8 Å². The van der Waals surface area contributed by atoms with E-state index in [1.54, 1.807) is 0 Å². The number of hydrogen-bond acceptors (Lipinski definition) is 3. The highest BCUT2D eigenvalue weighted by Gasteiger charge is 2.26. The lowest BCUT2D eigenvalue weighted by atomic mass is 10.1. The third-order valence-corrected chi connectivity index (χ3v) is 6.10. The van der Waals surface area contributed by atoms with Gasteiger partial charge in [0.25, 0.3) is 5.91 Å². The van der Waals surface area contributed by atoms with Crippen LogP contribution in [0.15, 0.2) is 78.9 Å². The number of nitrogens with zero attached hydrogens (tertiary/aromatic N) is 3. The van der Waals surface area contributed by atoms with Gasteiger partial charge in [0.2, 0.25) is 0 Å². The second kappa shape index (κ2) is 9.49. The predicted octanol–water partition coefficient (Wildman–Crippen LogP) is 5.69. The van der Waals surface area contributed by atoms with Crippen molar-refractivity contribution >= 4 is 16.9 Å². The van der Waals surface area contributed by atoms with Crippen LogP contribution in [0.25, 0.3) is 11.0 Å². The van der Waals surface area contributed by atoms with Crippen LogP contribution in [0.2, 0.25) is 0 Å². The van der Waals surface area contributed by atoms with Gasteiger partial charge in [-0.2, -0.15) is 0 Å². The second-order valence-corrected chi connectivity index (χ2v) is 8.68. The first-order valence-electron chi connectivity index (χ1n) is 11.7. The zero-order valence-electron chi connectivity index (χ0n) is 19.0. The van der Waals surface area contributed by atoms with E-state index in [-0.39, 0.29) is 5.91 Å². The van der Waals surface area contributed by atoms with E-state index < -0.39 is 0 Å². The van der Waals surface area contributed by atoms with Crippen molar-refractivity contribution in [3.05, 3.63) is 95.8 Å². The van der Waals surface area contributed by atoms with Crippen LogP contribution in [0, 0.1) is 5.92 Å². The SMILES string of the molecule is CCOc1cccc(C(=O)N(Cc2ccccc2)Cc2nc3ccccc3n2CC2CC2)c1. The molecule has 1 fully saturated rings. The van der Waals surface area contributed by atoms with Gasteiger partial charge in [-0.3, -0.25) is 4.79 Å². The first kappa shape index (κ1) is 21.3. The Labute approximate surface area is 194 Å². The molecular weight excluding hydrogens is 410 g/mol. The zero-order valence-corrected chi connectivity index (χ0v) is 19.0. The summed E-state index contributed by atoms with van der Waals surface area (Å²) in [6.45, 7) is 4.44. The van der Waals surface area contributed by atoms with Gasteiger partial charge in [-0.1, -0.05) is 48.5 Å². The van der Waals surface area contributed by atoms with E-state index in [0.717, 1.165) is 29.0 Å². The van der Waals surface area contributed by atoms with Crippen LogP contribution in [-0.4, -0.2) is 27.0 Å². The Morgan fingerprint density at radius 1 is 1.00 bits per heavy atom. The summed E-state index contributed by atoms with van der Waals surface area (Å²) in [5.74, 6) is 2.34. The van der Waals surface area contributed by atoms with Crippen molar-refractivity contribution in [1.82, 2.24) is 14.5 Å². The van der Waals surface area contributed by atoms with E-state index >= 15 is 0 Å². The molecule has 0 aliphatic heterocycles. The summed E-state index contributed by atoms with van der Waals surface area (Å²) < 4.78 is 7.95. The summed E-state index contributed by atoms with van der Waals surface area (Å²) in [6, 6.07) is 25.8. The van der Waals surface area contributed by atoms with Crippen molar-refractivity contribution in [3.63, 3.8) is 0 Å². The van der Waals surface area contributed by atoms with Gasteiger partial charge in [0.15, 0.2) is 0 Å². The van der Waals surface area contributed by atoms with Crippen molar-refractivity contribution < 1.29 is 9.53 Å². The smallest absolute Gasteiger partial charge is 0.254 e. The minimum atomic E-state index is -0.0227. The summed E-state index contributed by atoms with van der Waals surface area (Å²) in [4.78, 5) is 20.5. The summed E-state index contributed by atoms with van der Waals surface area (Å²) in [5.41, 5.74) is 3.85. The molecule has 1 heterocycles. The maximum absolute atomic E-state index is 13.7. The molecule has 5 rings (SSSR count). The molecule has 1 aromatic heterocycles. The molecule has 0 atom stereocenters. The average molecular weight is 440 g/mol. The Balaban J connectivity index is 1.50. The van der Waals surface area contributed by atoms with Crippen LogP contribution < -0.4 is 4.74 Å². The number of fused-ring (bicyclic) bond motifs is 1. The lowest BCUT2D eigenvalue weighted by Gasteiger charge is -2.24. The number of amides is 1. The molecule has 0 spiro atoms. The number of carbonyl (C=O) groups is 1. The predicted molar refractivity (Wildman–Crippen MR) is 130 cm³/mol. The highest BCUT2D eigenvalue weighted by Crippen LogP contribution is 2.33. The normalized spacial score (nSPS) is 13.2. The molecule has 4 aromatic rings. The monoisotopic (exact) mass is 439 g/mol. The number of benzene rings is 3. The summed E-state index contributed by atoms with van der Waals surface area (Å²) in [6.07, 6.45) is 2.53. The fourth-order valence-corrected chi connectivity index (χ4v) is 4.25. The largest absolute Gasteiger partial charge is 0.494 e. The van der Waals surface area contributed by atoms with Crippen molar-refractivity contribution in [3.8, 4) is 5.75 Å². The quantitative estimate of drug-likeness (QED) is 0.337. The zero-order chi connectivity index (χ0) is 22.6. The number of hydrogen-bond donors (Lipinski definition) is 0. The lowest BCUT2D eigenvalue weighted by Crippen LogP contribution is -2.31. The van der Waals surface area contributed by atoms with Gasteiger partial charge in [0.05, 0.1) is 24.2 Å². The summed E-state index contributed by atoms with van der Waals surface area (Å²) >= 11 is 0. The molecule has 168 valence electrons. The number of imidazole rings is 1. The number of carbonyl (C=O) groups excluding carboxylic acids is 1. The van der Waals surface area contributed by atoms with Gasteiger partial charge in [0, 0.05) is 18.7 Å². The number of aromatic nitrogens is 2. The van der Waals surface area contributed by atoms with Gasteiger partial charge in [-0.15, -0.1) is 0 Å².